The molecule has 0 radical (unpaired) electrons. The fourth-order valence-electron chi connectivity index (χ4n) is 5.17. The summed E-state index contributed by atoms with van der Waals surface area (Å²) in [6.07, 6.45) is 6.98. The van der Waals surface area contributed by atoms with Crippen LogP contribution in [0.3, 0.4) is 0 Å². The third-order valence-corrected chi connectivity index (χ3v) is 6.74. The number of aromatic nitrogens is 2. The largest absolute Gasteiger partial charge is 0.377 e. The van der Waals surface area contributed by atoms with Crippen molar-refractivity contribution >= 4 is 5.91 Å². The van der Waals surface area contributed by atoms with Gasteiger partial charge in [-0.1, -0.05) is 13.8 Å². The summed E-state index contributed by atoms with van der Waals surface area (Å²) in [6, 6.07) is 0.0229. The Kier molecular flexibility index (Phi) is 3.55. The van der Waals surface area contributed by atoms with Crippen LogP contribution in [0.25, 0.3) is 0 Å². The van der Waals surface area contributed by atoms with E-state index in [4.69, 9.17) is 10.5 Å². The van der Waals surface area contributed by atoms with Crippen molar-refractivity contribution in [3.63, 3.8) is 0 Å². The molecule has 4 atom stereocenters. The number of nitrogens with two attached hydrogens (primary N) is 1. The summed E-state index contributed by atoms with van der Waals surface area (Å²) in [4.78, 5) is 13.2. The summed E-state index contributed by atoms with van der Waals surface area (Å²) in [5.74, 6) is 0.0964. The monoisotopic (exact) mass is 332 g/mol. The summed E-state index contributed by atoms with van der Waals surface area (Å²) in [7, 11) is 1.96. The molecule has 2 aliphatic carbocycles. The molecule has 6 heteroatoms. The molecule has 1 aromatic rings. The lowest BCUT2D eigenvalue weighted by atomic mass is 9.46. The number of fused-ring (bicyclic) bond motifs is 2. The van der Waals surface area contributed by atoms with Crippen LogP contribution in [0.1, 0.15) is 56.8 Å². The summed E-state index contributed by atoms with van der Waals surface area (Å²) in [5.41, 5.74) is 7.89. The Bertz CT molecular complexity index is 668. The van der Waals surface area contributed by atoms with Gasteiger partial charge in [-0.3, -0.25) is 9.48 Å². The zero-order valence-electron chi connectivity index (χ0n) is 14.8. The van der Waals surface area contributed by atoms with Crippen molar-refractivity contribution in [2.24, 2.45) is 24.1 Å². The Balaban J connectivity index is 1.56. The van der Waals surface area contributed by atoms with E-state index in [1.54, 1.807) is 0 Å². The Morgan fingerprint density at radius 2 is 2.21 bits per heavy atom. The highest BCUT2D eigenvalue weighted by molar-refractivity contribution is 5.90. The number of aryl methyl sites for hydroxylation is 1. The maximum absolute atomic E-state index is 13.2. The first kappa shape index (κ1) is 16.1. The molecule has 1 aliphatic heterocycles. The first-order valence-corrected chi connectivity index (χ1v) is 9.09. The van der Waals surface area contributed by atoms with E-state index in [9.17, 15) is 4.79 Å². The van der Waals surface area contributed by atoms with E-state index in [1.807, 2.05) is 17.9 Å². The Labute approximate surface area is 143 Å². The summed E-state index contributed by atoms with van der Waals surface area (Å²) < 4.78 is 7.83. The topological polar surface area (TPSA) is 82.2 Å². The van der Waals surface area contributed by atoms with Crippen molar-refractivity contribution in [3.05, 3.63) is 17.5 Å². The number of amides is 1. The molecule has 0 aromatic carbocycles. The van der Waals surface area contributed by atoms with Crippen molar-refractivity contribution in [3.8, 4) is 0 Å². The van der Waals surface area contributed by atoms with Crippen molar-refractivity contribution in [1.82, 2.24) is 15.1 Å². The SMILES string of the molecule is Cn1ncc2c1CCCC2NC(=O)C1(N)C2CCCOC2C1(C)C. The van der Waals surface area contributed by atoms with Crippen LogP contribution >= 0.6 is 0 Å². The number of hydrogen-bond donors (Lipinski definition) is 2. The first-order chi connectivity index (χ1) is 11.4. The molecule has 4 rings (SSSR count). The second-order valence-corrected chi connectivity index (χ2v) is 8.22. The molecular weight excluding hydrogens is 304 g/mol. The number of ether oxygens (including phenoxy) is 1. The number of carbonyl (C=O) groups is 1. The van der Waals surface area contributed by atoms with Crippen LogP contribution < -0.4 is 11.1 Å². The maximum atomic E-state index is 13.2. The molecule has 132 valence electrons. The van der Waals surface area contributed by atoms with Gasteiger partial charge in [0.05, 0.1) is 18.3 Å². The highest BCUT2D eigenvalue weighted by Crippen LogP contribution is 2.57. The molecule has 3 N–H and O–H groups in total. The average Bonchev–Trinajstić information content (AvgIpc) is 2.96. The quantitative estimate of drug-likeness (QED) is 0.859. The molecule has 4 unspecified atom stereocenters. The molecule has 2 fully saturated rings. The zero-order valence-corrected chi connectivity index (χ0v) is 14.8. The van der Waals surface area contributed by atoms with Crippen LogP contribution in [-0.4, -0.2) is 33.9 Å². The van der Waals surface area contributed by atoms with E-state index in [-0.39, 0.29) is 29.4 Å². The summed E-state index contributed by atoms with van der Waals surface area (Å²) in [6.45, 7) is 4.91. The van der Waals surface area contributed by atoms with Gasteiger partial charge in [0.1, 0.15) is 5.54 Å². The minimum atomic E-state index is -0.849. The van der Waals surface area contributed by atoms with Crippen LogP contribution in [0.4, 0.5) is 0 Å². The fourth-order valence-corrected chi connectivity index (χ4v) is 5.17. The van der Waals surface area contributed by atoms with Crippen molar-refractivity contribution in [2.75, 3.05) is 6.61 Å². The van der Waals surface area contributed by atoms with Gasteiger partial charge in [0.25, 0.3) is 0 Å². The lowest BCUT2D eigenvalue weighted by molar-refractivity contribution is -0.225. The lowest BCUT2D eigenvalue weighted by Gasteiger charge is -2.65. The van der Waals surface area contributed by atoms with Gasteiger partial charge in [0.2, 0.25) is 5.91 Å². The molecule has 24 heavy (non-hydrogen) atoms. The van der Waals surface area contributed by atoms with E-state index >= 15 is 0 Å². The van der Waals surface area contributed by atoms with E-state index in [0.29, 0.717) is 0 Å². The van der Waals surface area contributed by atoms with Gasteiger partial charge in [0, 0.05) is 36.2 Å². The van der Waals surface area contributed by atoms with Crippen LogP contribution in [0.5, 0.6) is 0 Å². The van der Waals surface area contributed by atoms with Gasteiger partial charge in [-0.25, -0.2) is 0 Å². The number of hydrogen-bond acceptors (Lipinski definition) is 4. The summed E-state index contributed by atoms with van der Waals surface area (Å²) >= 11 is 0. The van der Waals surface area contributed by atoms with Gasteiger partial charge in [-0.15, -0.1) is 0 Å². The van der Waals surface area contributed by atoms with Crippen molar-refractivity contribution < 1.29 is 9.53 Å². The molecule has 1 saturated heterocycles. The number of nitrogens with zero attached hydrogens (tertiary/aromatic N) is 2. The zero-order chi connectivity index (χ0) is 17.1. The molecule has 0 bridgehead atoms. The number of rotatable bonds is 2. The molecule has 2 heterocycles. The van der Waals surface area contributed by atoms with Gasteiger partial charge in [-0.05, 0) is 32.1 Å². The first-order valence-electron chi connectivity index (χ1n) is 9.09. The fraction of sp³-hybridized carbons (Fsp3) is 0.778. The predicted octanol–water partition coefficient (Wildman–Crippen LogP) is 1.45. The Morgan fingerprint density at radius 1 is 1.42 bits per heavy atom. The standard InChI is InChI=1S/C18H28N4O2/c1-17(2)15-12(6-5-9-24-15)18(17,19)16(23)21-13-7-4-8-14-11(13)10-20-22(14)3/h10,12-13,15H,4-9,19H2,1-3H3,(H,21,23). The molecular formula is C18H28N4O2. The highest BCUT2D eigenvalue weighted by atomic mass is 16.5. The maximum Gasteiger partial charge on any atom is 0.241 e. The Hall–Kier alpha value is -1.40. The highest BCUT2D eigenvalue weighted by Gasteiger charge is 2.70. The van der Waals surface area contributed by atoms with Gasteiger partial charge < -0.3 is 15.8 Å². The van der Waals surface area contributed by atoms with Crippen molar-refractivity contribution in [1.29, 1.82) is 0 Å². The summed E-state index contributed by atoms with van der Waals surface area (Å²) in [5, 5.41) is 7.61. The van der Waals surface area contributed by atoms with Gasteiger partial charge >= 0.3 is 0 Å². The lowest BCUT2D eigenvalue weighted by Crippen LogP contribution is -2.82. The second-order valence-electron chi connectivity index (χ2n) is 8.22. The number of carbonyl (C=O) groups excluding carboxylic acids is 1. The van der Waals surface area contributed by atoms with E-state index < -0.39 is 5.54 Å². The minimum Gasteiger partial charge on any atom is -0.377 e. The van der Waals surface area contributed by atoms with Crippen LogP contribution in [0.2, 0.25) is 0 Å². The minimum absolute atomic E-state index is 0.0229. The molecule has 1 saturated carbocycles. The van der Waals surface area contributed by atoms with E-state index in [0.717, 1.165) is 44.3 Å². The van der Waals surface area contributed by atoms with Crippen molar-refractivity contribution in [2.45, 2.75) is 63.6 Å². The van der Waals surface area contributed by atoms with E-state index in [2.05, 4.69) is 24.3 Å². The average molecular weight is 332 g/mol. The molecule has 0 spiro atoms. The van der Waals surface area contributed by atoms with E-state index in [1.165, 1.54) is 5.69 Å². The predicted molar refractivity (Wildman–Crippen MR) is 90.2 cm³/mol. The number of nitrogens with one attached hydrogen (secondary N) is 1. The van der Waals surface area contributed by atoms with Crippen LogP contribution in [-0.2, 0) is 23.0 Å². The van der Waals surface area contributed by atoms with Gasteiger partial charge in [-0.2, -0.15) is 5.10 Å². The third-order valence-electron chi connectivity index (χ3n) is 6.74. The van der Waals surface area contributed by atoms with Crippen LogP contribution in [0.15, 0.2) is 6.20 Å². The molecule has 6 nitrogen and oxygen atoms in total. The van der Waals surface area contributed by atoms with Crippen LogP contribution in [0, 0.1) is 11.3 Å². The van der Waals surface area contributed by atoms with Gasteiger partial charge in [0.15, 0.2) is 0 Å². The smallest absolute Gasteiger partial charge is 0.241 e. The second kappa shape index (κ2) is 5.30. The third kappa shape index (κ3) is 1.96. The molecule has 3 aliphatic rings. The Morgan fingerprint density at radius 3 is 3.00 bits per heavy atom. The molecule has 1 amide bonds. The normalized spacial score (nSPS) is 37.1. The molecule has 1 aromatic heterocycles.